The van der Waals surface area contributed by atoms with Crippen LogP contribution in [0.5, 0.6) is 0 Å². The molecule has 0 heterocycles. The van der Waals surface area contributed by atoms with Gasteiger partial charge in [0.1, 0.15) is 0 Å². The Labute approximate surface area is 141 Å². The van der Waals surface area contributed by atoms with Crippen molar-refractivity contribution in [1.29, 1.82) is 0 Å². The van der Waals surface area contributed by atoms with Gasteiger partial charge in [-0.15, -0.1) is 9.24 Å². The monoisotopic (exact) mass is 320 g/mol. The molecule has 0 radical (unpaired) electrons. The van der Waals surface area contributed by atoms with Crippen LogP contribution in [0.15, 0.2) is 18.2 Å². The van der Waals surface area contributed by atoms with Crippen LogP contribution in [0, 0.1) is 10.8 Å². The van der Waals surface area contributed by atoms with E-state index in [4.69, 9.17) is 0 Å². The summed E-state index contributed by atoms with van der Waals surface area (Å²) < 4.78 is 0. The third-order valence-electron chi connectivity index (χ3n) is 5.15. The van der Waals surface area contributed by atoms with Gasteiger partial charge in [0.05, 0.1) is 0 Å². The Hall–Kier alpha value is -0.350. The van der Waals surface area contributed by atoms with Crippen molar-refractivity contribution in [2.24, 2.45) is 10.8 Å². The molecule has 0 fully saturated rings. The molecule has 1 heteroatoms. The first-order valence-electron chi connectivity index (χ1n) is 8.59. The van der Waals surface area contributed by atoms with E-state index in [1.54, 1.807) is 0 Å². The lowest BCUT2D eigenvalue weighted by Gasteiger charge is -2.52. The molecular formula is C21H37P. The van der Waals surface area contributed by atoms with E-state index in [2.05, 4.69) is 96.7 Å². The summed E-state index contributed by atoms with van der Waals surface area (Å²) in [5.74, 6) is 0. The maximum atomic E-state index is 3.25. The second-order valence-corrected chi connectivity index (χ2v) is 10.6. The zero-order valence-corrected chi connectivity index (χ0v) is 17.7. The number of aryl methyl sites for hydroxylation is 1. The van der Waals surface area contributed by atoms with E-state index in [9.17, 15) is 0 Å². The number of hydrogen-bond acceptors (Lipinski definition) is 0. The first-order chi connectivity index (χ1) is 9.66. The summed E-state index contributed by atoms with van der Waals surface area (Å²) >= 11 is 0. The molecule has 1 rings (SSSR count). The molecule has 1 aromatic carbocycles. The van der Waals surface area contributed by atoms with Gasteiger partial charge < -0.3 is 0 Å². The van der Waals surface area contributed by atoms with Crippen LogP contribution in [0.2, 0.25) is 0 Å². The highest BCUT2D eigenvalue weighted by molar-refractivity contribution is 7.18. The van der Waals surface area contributed by atoms with Crippen LogP contribution in [0.3, 0.4) is 0 Å². The normalized spacial score (nSPS) is 14.3. The summed E-state index contributed by atoms with van der Waals surface area (Å²) in [6.45, 7) is 23.4. The van der Waals surface area contributed by atoms with Crippen molar-refractivity contribution in [2.75, 3.05) is 0 Å². The van der Waals surface area contributed by atoms with Gasteiger partial charge in [0, 0.05) is 5.16 Å². The molecule has 0 amide bonds. The molecule has 1 aromatic rings. The lowest BCUT2D eigenvalue weighted by molar-refractivity contribution is 0.139. The number of hydrogen-bond donors (Lipinski definition) is 0. The SMILES string of the molecule is CCc1ccc(C(C)(C)C)cc1C(P)(C(C)(C)C)C(C)(C)C. The van der Waals surface area contributed by atoms with E-state index in [1.807, 2.05) is 0 Å². The van der Waals surface area contributed by atoms with Gasteiger partial charge in [-0.05, 0) is 39.4 Å². The summed E-state index contributed by atoms with van der Waals surface area (Å²) in [5.41, 5.74) is 4.93. The Morgan fingerprint density at radius 3 is 1.59 bits per heavy atom. The average molecular weight is 321 g/mol. The first kappa shape index (κ1) is 19.7. The fourth-order valence-electron chi connectivity index (χ4n) is 3.65. The maximum absolute atomic E-state index is 3.25. The maximum Gasteiger partial charge on any atom is 0.0196 e. The van der Waals surface area contributed by atoms with Gasteiger partial charge in [-0.1, -0.05) is 87.4 Å². The van der Waals surface area contributed by atoms with Gasteiger partial charge in [-0.3, -0.25) is 0 Å². The molecule has 0 bridgehead atoms. The van der Waals surface area contributed by atoms with E-state index in [0.29, 0.717) is 0 Å². The molecule has 1 unspecified atom stereocenters. The molecule has 126 valence electrons. The molecule has 0 aliphatic heterocycles. The molecular weight excluding hydrogens is 283 g/mol. The van der Waals surface area contributed by atoms with Crippen molar-refractivity contribution < 1.29 is 0 Å². The Bertz CT molecular complexity index is 504. The third-order valence-corrected chi connectivity index (χ3v) is 7.19. The van der Waals surface area contributed by atoms with E-state index in [0.717, 1.165) is 6.42 Å². The zero-order valence-electron chi connectivity index (χ0n) is 16.5. The van der Waals surface area contributed by atoms with Gasteiger partial charge in [0.25, 0.3) is 0 Å². The largest absolute Gasteiger partial charge is 0.125 e. The van der Waals surface area contributed by atoms with Gasteiger partial charge in [-0.25, -0.2) is 0 Å². The summed E-state index contributed by atoms with van der Waals surface area (Å²) in [5, 5.41) is 0.0343. The van der Waals surface area contributed by atoms with Crippen molar-refractivity contribution in [3.05, 3.63) is 34.9 Å². The van der Waals surface area contributed by atoms with Crippen LogP contribution in [0.25, 0.3) is 0 Å². The Kier molecular flexibility index (Phi) is 5.31. The highest BCUT2D eigenvalue weighted by atomic mass is 31.0. The Morgan fingerprint density at radius 2 is 1.27 bits per heavy atom. The quantitative estimate of drug-likeness (QED) is 0.531. The van der Waals surface area contributed by atoms with Gasteiger partial charge >= 0.3 is 0 Å². The van der Waals surface area contributed by atoms with Gasteiger partial charge in [0.2, 0.25) is 0 Å². The molecule has 0 aliphatic carbocycles. The molecule has 0 saturated heterocycles. The van der Waals surface area contributed by atoms with E-state index >= 15 is 0 Å². The Balaban J connectivity index is 3.75. The van der Waals surface area contributed by atoms with Crippen molar-refractivity contribution in [1.82, 2.24) is 0 Å². The van der Waals surface area contributed by atoms with Crippen molar-refractivity contribution >= 4 is 9.24 Å². The first-order valence-corrected chi connectivity index (χ1v) is 9.16. The van der Waals surface area contributed by atoms with E-state index in [-0.39, 0.29) is 21.4 Å². The molecule has 0 aliphatic rings. The molecule has 0 nitrogen and oxygen atoms in total. The predicted octanol–water partition coefficient (Wildman–Crippen LogP) is 6.71. The van der Waals surface area contributed by atoms with Gasteiger partial charge in [-0.2, -0.15) is 0 Å². The highest BCUT2D eigenvalue weighted by Gasteiger charge is 2.49. The van der Waals surface area contributed by atoms with E-state index < -0.39 is 0 Å². The summed E-state index contributed by atoms with van der Waals surface area (Å²) in [7, 11) is 3.25. The lowest BCUT2D eigenvalue weighted by atomic mass is 9.61. The standard InChI is InChI=1S/C21H37P/c1-11-15-12-13-16(18(2,3)4)14-17(15)21(22,19(5,6)7)20(8,9)10/h12-14H,11,22H2,1-10H3. The number of benzene rings is 1. The van der Waals surface area contributed by atoms with Crippen molar-refractivity contribution in [2.45, 2.75) is 86.2 Å². The molecule has 0 N–H and O–H groups in total. The molecule has 0 saturated carbocycles. The minimum absolute atomic E-state index is 0.0343. The fraction of sp³-hybridized carbons (Fsp3) is 0.714. The molecule has 0 aromatic heterocycles. The third kappa shape index (κ3) is 3.43. The van der Waals surface area contributed by atoms with Crippen LogP contribution < -0.4 is 0 Å². The minimum Gasteiger partial charge on any atom is -0.125 e. The van der Waals surface area contributed by atoms with Crippen molar-refractivity contribution in [3.63, 3.8) is 0 Å². The second kappa shape index (κ2) is 5.94. The van der Waals surface area contributed by atoms with Crippen LogP contribution in [0.4, 0.5) is 0 Å². The number of rotatable bonds is 2. The zero-order chi connectivity index (χ0) is 17.6. The average Bonchev–Trinajstić information content (AvgIpc) is 2.33. The topological polar surface area (TPSA) is 0 Å². The summed E-state index contributed by atoms with van der Waals surface area (Å²) in [6, 6.07) is 7.15. The van der Waals surface area contributed by atoms with Crippen LogP contribution in [-0.2, 0) is 17.0 Å². The molecule has 0 spiro atoms. The van der Waals surface area contributed by atoms with Crippen LogP contribution >= 0.6 is 9.24 Å². The molecule has 22 heavy (non-hydrogen) atoms. The van der Waals surface area contributed by atoms with Gasteiger partial charge in [0.15, 0.2) is 0 Å². The fourth-order valence-corrected chi connectivity index (χ4v) is 3.92. The molecule has 1 atom stereocenters. The predicted molar refractivity (Wildman–Crippen MR) is 105 cm³/mol. The smallest absolute Gasteiger partial charge is 0.0196 e. The van der Waals surface area contributed by atoms with Crippen molar-refractivity contribution in [3.8, 4) is 0 Å². The highest BCUT2D eigenvalue weighted by Crippen LogP contribution is 2.59. The second-order valence-electron chi connectivity index (χ2n) is 9.78. The summed E-state index contributed by atoms with van der Waals surface area (Å²) in [6.07, 6.45) is 1.09. The summed E-state index contributed by atoms with van der Waals surface area (Å²) in [4.78, 5) is 0. The minimum atomic E-state index is 0.0343. The Morgan fingerprint density at radius 1 is 0.818 bits per heavy atom. The lowest BCUT2D eigenvalue weighted by Crippen LogP contribution is -2.46. The van der Waals surface area contributed by atoms with Crippen LogP contribution in [0.1, 0.15) is 85.9 Å². The van der Waals surface area contributed by atoms with Crippen LogP contribution in [-0.4, -0.2) is 0 Å². The van der Waals surface area contributed by atoms with E-state index in [1.165, 1.54) is 16.7 Å².